The fourth-order valence-corrected chi connectivity index (χ4v) is 4.34. The first-order valence-electron chi connectivity index (χ1n) is 9.62. The molecule has 2 aromatic heterocycles. The molecule has 2 heterocycles. The zero-order chi connectivity index (χ0) is 22.4. The molecule has 0 fully saturated rings. The Bertz CT molecular complexity index is 1040. The van der Waals surface area contributed by atoms with E-state index in [9.17, 15) is 9.59 Å². The lowest BCUT2D eigenvalue weighted by molar-refractivity contribution is -0.113. The highest BCUT2D eigenvalue weighted by atomic mass is 32.2. The predicted molar refractivity (Wildman–Crippen MR) is 121 cm³/mol. The zero-order valence-electron chi connectivity index (χ0n) is 17.8. The van der Waals surface area contributed by atoms with Gasteiger partial charge in [0.25, 0.3) is 5.91 Å². The summed E-state index contributed by atoms with van der Waals surface area (Å²) in [7, 11) is 1.58. The van der Waals surface area contributed by atoms with E-state index in [0.717, 1.165) is 10.6 Å². The number of benzene rings is 1. The van der Waals surface area contributed by atoms with Crippen LogP contribution >= 0.6 is 23.1 Å². The molecule has 0 bridgehead atoms. The lowest BCUT2D eigenvalue weighted by atomic mass is 10.2. The summed E-state index contributed by atoms with van der Waals surface area (Å²) in [6.07, 6.45) is 0. The number of nitrogens with zero attached hydrogens (tertiary/aromatic N) is 4. The number of carbonyl (C=O) groups is 2. The molecule has 2 amide bonds. The molecule has 0 radical (unpaired) electrons. The van der Waals surface area contributed by atoms with Gasteiger partial charge in [0.15, 0.2) is 16.1 Å². The maximum absolute atomic E-state index is 12.4. The van der Waals surface area contributed by atoms with Crippen molar-refractivity contribution in [3.05, 3.63) is 46.2 Å². The average Bonchev–Trinajstić information content (AvgIpc) is 3.31. The molecule has 31 heavy (non-hydrogen) atoms. The van der Waals surface area contributed by atoms with Crippen LogP contribution in [0.25, 0.3) is 0 Å². The van der Waals surface area contributed by atoms with Gasteiger partial charge < -0.3 is 19.9 Å². The maximum atomic E-state index is 12.4. The normalized spacial score (nSPS) is 10.7. The molecule has 0 spiro atoms. The summed E-state index contributed by atoms with van der Waals surface area (Å²) >= 11 is 2.75. The number of aryl methyl sites for hydroxylation is 2. The summed E-state index contributed by atoms with van der Waals surface area (Å²) in [5.41, 5.74) is 1.45. The molecule has 3 rings (SSSR count). The van der Waals surface area contributed by atoms with Crippen molar-refractivity contribution in [2.75, 3.05) is 18.2 Å². The van der Waals surface area contributed by atoms with Crippen molar-refractivity contribution in [2.45, 2.75) is 39.0 Å². The van der Waals surface area contributed by atoms with Gasteiger partial charge in [-0.05, 0) is 45.0 Å². The van der Waals surface area contributed by atoms with Crippen LogP contribution in [-0.2, 0) is 17.9 Å². The molecule has 2 N–H and O–H groups in total. The van der Waals surface area contributed by atoms with Crippen LogP contribution in [0.5, 0.6) is 5.75 Å². The minimum atomic E-state index is -0.212. The lowest BCUT2D eigenvalue weighted by Gasteiger charge is -2.09. The van der Waals surface area contributed by atoms with Gasteiger partial charge in [-0.25, -0.2) is 4.98 Å². The van der Waals surface area contributed by atoms with Crippen molar-refractivity contribution in [3.63, 3.8) is 0 Å². The fraction of sp³-hybridized carbons (Fsp3) is 0.350. The average molecular weight is 461 g/mol. The van der Waals surface area contributed by atoms with Gasteiger partial charge >= 0.3 is 0 Å². The summed E-state index contributed by atoms with van der Waals surface area (Å²) < 4.78 is 6.98. The molecule has 0 aliphatic heterocycles. The van der Waals surface area contributed by atoms with E-state index >= 15 is 0 Å². The van der Waals surface area contributed by atoms with Crippen LogP contribution in [0, 0.1) is 13.8 Å². The van der Waals surface area contributed by atoms with Crippen molar-refractivity contribution in [2.24, 2.45) is 0 Å². The van der Waals surface area contributed by atoms with Crippen molar-refractivity contribution in [3.8, 4) is 5.75 Å². The first kappa shape index (κ1) is 22.8. The number of nitrogens with one attached hydrogen (secondary N) is 2. The number of thioether (sulfide) groups is 1. The van der Waals surface area contributed by atoms with E-state index in [1.165, 1.54) is 23.1 Å². The number of thiazole rings is 1. The topological polar surface area (TPSA) is 111 Å². The van der Waals surface area contributed by atoms with E-state index in [2.05, 4.69) is 25.8 Å². The third kappa shape index (κ3) is 5.82. The fourth-order valence-electron chi connectivity index (χ4n) is 2.69. The number of hydrogen-bond acceptors (Lipinski definition) is 8. The van der Waals surface area contributed by atoms with Crippen LogP contribution in [0.1, 0.15) is 33.7 Å². The van der Waals surface area contributed by atoms with E-state index in [1.54, 1.807) is 31.4 Å². The summed E-state index contributed by atoms with van der Waals surface area (Å²) in [6, 6.07) is 6.86. The molecule has 164 valence electrons. The van der Waals surface area contributed by atoms with Crippen molar-refractivity contribution < 1.29 is 14.3 Å². The van der Waals surface area contributed by atoms with Crippen LogP contribution in [0.4, 0.5) is 5.13 Å². The first-order valence-corrected chi connectivity index (χ1v) is 11.4. The number of rotatable bonds is 9. The van der Waals surface area contributed by atoms with Gasteiger partial charge in [0.1, 0.15) is 5.75 Å². The standard InChI is InChI=1S/C20H24N6O3S2/c1-5-26-16(10-21-18(28)14-6-8-15(29-4)9-7-14)24-25-20(26)30-11-17(27)23-19-22-12(2)13(3)31-19/h6-9H,5,10-11H2,1-4H3,(H,21,28)(H,22,23,27). The number of aromatic nitrogens is 4. The number of amides is 2. The van der Waals surface area contributed by atoms with Gasteiger partial charge in [-0.3, -0.25) is 9.59 Å². The van der Waals surface area contributed by atoms with Gasteiger partial charge in [-0.1, -0.05) is 11.8 Å². The number of carbonyl (C=O) groups excluding carboxylic acids is 2. The second-order valence-corrected chi connectivity index (χ2v) is 8.70. The molecule has 0 saturated carbocycles. The van der Waals surface area contributed by atoms with Crippen LogP contribution in [0.15, 0.2) is 29.4 Å². The second-order valence-electron chi connectivity index (χ2n) is 6.55. The van der Waals surface area contributed by atoms with E-state index in [0.29, 0.717) is 34.0 Å². The smallest absolute Gasteiger partial charge is 0.251 e. The highest BCUT2D eigenvalue weighted by molar-refractivity contribution is 7.99. The monoisotopic (exact) mass is 460 g/mol. The van der Waals surface area contributed by atoms with Crippen LogP contribution < -0.4 is 15.4 Å². The third-order valence-electron chi connectivity index (χ3n) is 4.48. The molecular formula is C20H24N6O3S2. The van der Waals surface area contributed by atoms with E-state index < -0.39 is 0 Å². The van der Waals surface area contributed by atoms with Crippen molar-refractivity contribution in [1.29, 1.82) is 0 Å². The largest absolute Gasteiger partial charge is 0.497 e. The number of hydrogen-bond donors (Lipinski definition) is 2. The molecular weight excluding hydrogens is 436 g/mol. The highest BCUT2D eigenvalue weighted by Gasteiger charge is 2.15. The first-order chi connectivity index (χ1) is 14.9. The SMILES string of the molecule is CCn1c(CNC(=O)c2ccc(OC)cc2)nnc1SCC(=O)Nc1nc(C)c(C)s1. The minimum absolute atomic E-state index is 0.154. The Hall–Kier alpha value is -2.92. The molecule has 0 aliphatic rings. The molecule has 0 atom stereocenters. The van der Waals surface area contributed by atoms with Crippen LogP contribution in [0.3, 0.4) is 0 Å². The number of methoxy groups -OCH3 is 1. The zero-order valence-corrected chi connectivity index (χ0v) is 19.4. The van der Waals surface area contributed by atoms with Gasteiger partial charge in [0, 0.05) is 17.0 Å². The Balaban J connectivity index is 1.55. The summed E-state index contributed by atoms with van der Waals surface area (Å²) in [4.78, 5) is 30.0. The number of anilines is 1. The van der Waals surface area contributed by atoms with Gasteiger partial charge in [-0.15, -0.1) is 21.5 Å². The Morgan fingerprint density at radius 1 is 1.19 bits per heavy atom. The molecule has 0 unspecified atom stereocenters. The van der Waals surface area contributed by atoms with Crippen LogP contribution in [0.2, 0.25) is 0 Å². The molecule has 3 aromatic rings. The summed E-state index contributed by atoms with van der Waals surface area (Å²) in [6.45, 7) is 6.69. The second kappa shape index (κ2) is 10.4. The van der Waals surface area contributed by atoms with Gasteiger partial charge in [0.05, 0.1) is 25.1 Å². The molecule has 9 nitrogen and oxygen atoms in total. The molecule has 1 aromatic carbocycles. The third-order valence-corrected chi connectivity index (χ3v) is 6.43. The summed E-state index contributed by atoms with van der Waals surface area (Å²) in [5.74, 6) is 1.13. The van der Waals surface area contributed by atoms with E-state index in [1.807, 2.05) is 25.3 Å². The Labute approximate surface area is 188 Å². The lowest BCUT2D eigenvalue weighted by Crippen LogP contribution is -2.24. The highest BCUT2D eigenvalue weighted by Crippen LogP contribution is 2.22. The van der Waals surface area contributed by atoms with Crippen molar-refractivity contribution >= 4 is 40.0 Å². The van der Waals surface area contributed by atoms with Gasteiger partial charge in [0.2, 0.25) is 5.91 Å². The maximum Gasteiger partial charge on any atom is 0.251 e. The van der Waals surface area contributed by atoms with E-state index in [-0.39, 0.29) is 24.1 Å². The predicted octanol–water partition coefficient (Wildman–Crippen LogP) is 3.04. The van der Waals surface area contributed by atoms with Gasteiger partial charge in [-0.2, -0.15) is 0 Å². The Morgan fingerprint density at radius 2 is 1.94 bits per heavy atom. The van der Waals surface area contributed by atoms with Crippen molar-refractivity contribution in [1.82, 2.24) is 25.1 Å². The Kier molecular flexibility index (Phi) is 7.64. The van der Waals surface area contributed by atoms with E-state index in [4.69, 9.17) is 4.74 Å². The Morgan fingerprint density at radius 3 is 2.55 bits per heavy atom. The molecule has 0 aliphatic carbocycles. The minimum Gasteiger partial charge on any atom is -0.497 e. The molecule has 0 saturated heterocycles. The number of ether oxygens (including phenoxy) is 1. The molecule has 11 heteroatoms. The quantitative estimate of drug-likeness (QED) is 0.472. The van der Waals surface area contributed by atoms with Crippen LogP contribution in [-0.4, -0.2) is 44.4 Å². The summed E-state index contributed by atoms with van der Waals surface area (Å²) in [5, 5.41) is 15.2.